The summed E-state index contributed by atoms with van der Waals surface area (Å²) in [5.41, 5.74) is 3.29. The molecule has 1 amide bonds. The molecule has 168 valence electrons. The van der Waals surface area contributed by atoms with Crippen LogP contribution in [0.3, 0.4) is 0 Å². The molecular formula is C25H27BrN2O4. The zero-order valence-electron chi connectivity index (χ0n) is 18.3. The fourth-order valence-electron chi connectivity index (χ4n) is 3.93. The predicted molar refractivity (Wildman–Crippen MR) is 130 cm³/mol. The number of rotatable bonds is 9. The lowest BCUT2D eigenvalue weighted by Gasteiger charge is -2.19. The van der Waals surface area contributed by atoms with Crippen molar-refractivity contribution in [1.29, 1.82) is 0 Å². The van der Waals surface area contributed by atoms with E-state index in [1.165, 1.54) is 0 Å². The van der Waals surface area contributed by atoms with Crippen LogP contribution in [0.2, 0.25) is 0 Å². The predicted octanol–water partition coefficient (Wildman–Crippen LogP) is 5.62. The molecule has 2 aromatic rings. The van der Waals surface area contributed by atoms with Gasteiger partial charge in [-0.1, -0.05) is 28.1 Å². The molecule has 0 aliphatic carbocycles. The summed E-state index contributed by atoms with van der Waals surface area (Å²) in [7, 11) is 3.24. The molecule has 0 bridgehead atoms. The Morgan fingerprint density at radius 1 is 1.06 bits per heavy atom. The second kappa shape index (κ2) is 10.2. The number of hydrogen-bond donors (Lipinski definition) is 0. The lowest BCUT2D eigenvalue weighted by molar-refractivity contribution is 0.0817. The maximum absolute atomic E-state index is 13.4. The van der Waals surface area contributed by atoms with Gasteiger partial charge in [-0.25, -0.2) is 0 Å². The molecule has 2 aromatic carbocycles. The van der Waals surface area contributed by atoms with Gasteiger partial charge in [-0.15, -0.1) is 0 Å². The molecule has 0 radical (unpaired) electrons. The van der Waals surface area contributed by atoms with E-state index in [1.54, 1.807) is 25.2 Å². The third kappa shape index (κ3) is 4.67. The Labute approximate surface area is 197 Å². The van der Waals surface area contributed by atoms with Crippen molar-refractivity contribution in [2.45, 2.75) is 31.7 Å². The number of methoxy groups -OCH3 is 2. The van der Waals surface area contributed by atoms with E-state index in [1.807, 2.05) is 42.7 Å². The van der Waals surface area contributed by atoms with Crippen LogP contribution >= 0.6 is 15.9 Å². The van der Waals surface area contributed by atoms with Crippen LogP contribution in [0.5, 0.6) is 17.2 Å². The van der Waals surface area contributed by atoms with Crippen LogP contribution in [0, 0.1) is 0 Å². The third-order valence-electron chi connectivity index (χ3n) is 5.71. The van der Waals surface area contributed by atoms with E-state index in [2.05, 4.69) is 20.9 Å². The molecule has 2 aliphatic rings. The van der Waals surface area contributed by atoms with Crippen LogP contribution in [0.4, 0.5) is 5.69 Å². The summed E-state index contributed by atoms with van der Waals surface area (Å²) < 4.78 is 16.7. The minimum absolute atomic E-state index is 0.0896. The second-order valence-electron chi connectivity index (χ2n) is 7.76. The molecule has 0 saturated carbocycles. The number of unbranched alkanes of at least 4 members (excludes halogenated alkanes) is 2. The third-order valence-corrected chi connectivity index (χ3v) is 6.27. The Morgan fingerprint density at radius 3 is 2.59 bits per heavy atom. The Bertz CT molecular complexity index is 1030. The number of fused-ring (bicyclic) bond motifs is 2. The summed E-state index contributed by atoms with van der Waals surface area (Å²) in [5, 5.41) is 0.998. The summed E-state index contributed by atoms with van der Waals surface area (Å²) in [6.07, 6.45) is 7.66. The number of carbonyl (C=O) groups excluding carboxylic acids is 1. The average Bonchev–Trinajstić information content (AvgIpc) is 3.21. The van der Waals surface area contributed by atoms with Gasteiger partial charge in [-0.2, -0.15) is 0 Å². The van der Waals surface area contributed by atoms with Crippen molar-refractivity contribution in [1.82, 2.24) is 4.90 Å². The van der Waals surface area contributed by atoms with Gasteiger partial charge in [0.15, 0.2) is 11.5 Å². The average molecular weight is 499 g/mol. The molecule has 4 rings (SSSR count). The standard InChI is InChI=1S/C25H27BrN2O4/c1-30-20-8-6-17(7-9-20)18-12-19-15-27-22-14-24(32-11-5-3-4-10-26)23(31-2)13-21(22)25(29)28(19)16-18/h6-9,13-16,19H,3-5,10-12H2,1-2H3/t19-/m0/s1. The number of amides is 1. The zero-order chi connectivity index (χ0) is 22.5. The molecule has 1 atom stereocenters. The number of carbonyl (C=O) groups is 1. The Hall–Kier alpha value is -2.80. The van der Waals surface area contributed by atoms with Crippen molar-refractivity contribution in [3.8, 4) is 17.2 Å². The quantitative estimate of drug-likeness (QED) is 0.332. The number of ether oxygens (including phenoxy) is 3. The van der Waals surface area contributed by atoms with Gasteiger partial charge < -0.3 is 19.1 Å². The summed E-state index contributed by atoms with van der Waals surface area (Å²) >= 11 is 3.44. The lowest BCUT2D eigenvalue weighted by Crippen LogP contribution is -2.32. The first kappa shape index (κ1) is 22.4. The molecule has 32 heavy (non-hydrogen) atoms. The van der Waals surface area contributed by atoms with Crippen LogP contribution in [0.25, 0.3) is 5.57 Å². The molecule has 0 spiro atoms. The maximum atomic E-state index is 13.4. The van der Waals surface area contributed by atoms with Gasteiger partial charge in [0.1, 0.15) is 5.75 Å². The minimum Gasteiger partial charge on any atom is -0.497 e. The van der Waals surface area contributed by atoms with Crippen molar-refractivity contribution >= 4 is 39.3 Å². The van der Waals surface area contributed by atoms with Crippen molar-refractivity contribution in [3.63, 3.8) is 0 Å². The van der Waals surface area contributed by atoms with Gasteiger partial charge in [0, 0.05) is 30.2 Å². The van der Waals surface area contributed by atoms with E-state index in [9.17, 15) is 4.79 Å². The largest absolute Gasteiger partial charge is 0.497 e. The SMILES string of the molecule is COc1ccc(C2=CN3C(=O)c4cc(OC)c(OCCCCCBr)cc4N=C[C@@H]3C2)cc1. The van der Waals surface area contributed by atoms with Crippen LogP contribution in [-0.4, -0.2) is 49.2 Å². The fraction of sp³-hybridized carbons (Fsp3) is 0.360. The topological polar surface area (TPSA) is 60.4 Å². The number of aliphatic imine (C=N–C) groups is 1. The van der Waals surface area contributed by atoms with Gasteiger partial charge >= 0.3 is 0 Å². The van der Waals surface area contributed by atoms with E-state index in [-0.39, 0.29) is 11.9 Å². The first-order chi connectivity index (χ1) is 15.6. The van der Waals surface area contributed by atoms with Crippen LogP contribution in [0.1, 0.15) is 41.6 Å². The monoisotopic (exact) mass is 498 g/mol. The van der Waals surface area contributed by atoms with Gasteiger partial charge in [-0.3, -0.25) is 9.79 Å². The van der Waals surface area contributed by atoms with Crippen molar-refractivity contribution < 1.29 is 19.0 Å². The molecule has 0 fully saturated rings. The normalized spacial score (nSPS) is 16.8. The molecular weight excluding hydrogens is 472 g/mol. The van der Waals surface area contributed by atoms with Crippen molar-refractivity contribution in [2.75, 3.05) is 26.2 Å². The highest BCUT2D eigenvalue weighted by molar-refractivity contribution is 9.09. The van der Waals surface area contributed by atoms with Crippen LogP contribution in [0.15, 0.2) is 47.6 Å². The Kier molecular flexibility index (Phi) is 7.15. The second-order valence-corrected chi connectivity index (χ2v) is 8.56. The smallest absolute Gasteiger partial charge is 0.260 e. The van der Waals surface area contributed by atoms with Gasteiger partial charge in [0.05, 0.1) is 38.1 Å². The number of hydrogen-bond acceptors (Lipinski definition) is 5. The van der Waals surface area contributed by atoms with Crippen molar-refractivity contribution in [2.24, 2.45) is 4.99 Å². The fourth-order valence-corrected chi connectivity index (χ4v) is 4.33. The van der Waals surface area contributed by atoms with E-state index < -0.39 is 0 Å². The van der Waals surface area contributed by atoms with E-state index in [0.717, 1.165) is 41.5 Å². The minimum atomic E-state index is -0.119. The zero-order valence-corrected chi connectivity index (χ0v) is 19.9. The van der Waals surface area contributed by atoms with E-state index in [4.69, 9.17) is 14.2 Å². The van der Waals surface area contributed by atoms with Crippen LogP contribution < -0.4 is 14.2 Å². The number of alkyl halides is 1. The first-order valence-corrected chi connectivity index (χ1v) is 11.9. The van der Waals surface area contributed by atoms with Gasteiger partial charge in [0.2, 0.25) is 0 Å². The number of benzene rings is 2. The molecule has 0 saturated heterocycles. The van der Waals surface area contributed by atoms with E-state index in [0.29, 0.717) is 35.8 Å². The molecule has 7 heteroatoms. The summed E-state index contributed by atoms with van der Waals surface area (Å²) in [6.45, 7) is 0.600. The van der Waals surface area contributed by atoms with Gasteiger partial charge in [0.25, 0.3) is 5.91 Å². The van der Waals surface area contributed by atoms with E-state index >= 15 is 0 Å². The molecule has 0 unspecified atom stereocenters. The van der Waals surface area contributed by atoms with Crippen molar-refractivity contribution in [3.05, 3.63) is 53.7 Å². The first-order valence-electron chi connectivity index (χ1n) is 10.8. The van der Waals surface area contributed by atoms with Crippen LogP contribution in [-0.2, 0) is 0 Å². The highest BCUT2D eigenvalue weighted by Gasteiger charge is 2.33. The highest BCUT2D eigenvalue weighted by Crippen LogP contribution is 2.39. The molecule has 0 N–H and O–H groups in total. The lowest BCUT2D eigenvalue weighted by atomic mass is 10.0. The summed E-state index contributed by atoms with van der Waals surface area (Å²) in [4.78, 5) is 19.8. The highest BCUT2D eigenvalue weighted by atomic mass is 79.9. The Morgan fingerprint density at radius 2 is 1.88 bits per heavy atom. The number of nitrogens with zero attached hydrogens (tertiary/aromatic N) is 2. The van der Waals surface area contributed by atoms with Gasteiger partial charge in [-0.05, 0) is 48.6 Å². The number of halogens is 1. The summed E-state index contributed by atoms with van der Waals surface area (Å²) in [5.74, 6) is 1.88. The molecule has 6 nitrogen and oxygen atoms in total. The summed E-state index contributed by atoms with van der Waals surface area (Å²) in [6, 6.07) is 11.3. The molecule has 0 aromatic heterocycles. The Balaban J connectivity index is 1.56. The maximum Gasteiger partial charge on any atom is 0.260 e. The molecule has 2 aliphatic heterocycles. The molecule has 2 heterocycles.